The van der Waals surface area contributed by atoms with Crippen LogP contribution in [-0.4, -0.2) is 20.3 Å². The third-order valence-electron chi connectivity index (χ3n) is 3.01. The Labute approximate surface area is 129 Å². The van der Waals surface area contributed by atoms with Crippen LogP contribution in [-0.2, 0) is 11.3 Å². The van der Waals surface area contributed by atoms with Gasteiger partial charge >= 0.3 is 0 Å². The Balaban J connectivity index is 2.06. The highest BCUT2D eigenvalue weighted by Crippen LogP contribution is 2.33. The molecule has 4 nitrogen and oxygen atoms in total. The van der Waals surface area contributed by atoms with Gasteiger partial charge in [0.25, 0.3) is 0 Å². The first-order valence-electron chi connectivity index (χ1n) is 6.69. The minimum Gasteiger partial charge on any atom is -0.468 e. The Morgan fingerprint density at radius 1 is 1.33 bits per heavy atom. The number of hydrogen-bond acceptors (Lipinski definition) is 5. The van der Waals surface area contributed by atoms with Gasteiger partial charge in [-0.05, 0) is 30.7 Å². The molecule has 0 aliphatic heterocycles. The lowest BCUT2D eigenvalue weighted by molar-refractivity contribution is 0.199. The molecule has 110 valence electrons. The van der Waals surface area contributed by atoms with Crippen molar-refractivity contribution in [2.75, 3.05) is 20.3 Å². The fourth-order valence-electron chi connectivity index (χ4n) is 1.87. The lowest BCUT2D eigenvalue weighted by Crippen LogP contribution is -2.18. The van der Waals surface area contributed by atoms with Gasteiger partial charge in [0.15, 0.2) is 0 Å². The van der Waals surface area contributed by atoms with Crippen LogP contribution in [0.5, 0.6) is 0 Å². The van der Waals surface area contributed by atoms with Gasteiger partial charge in [0.1, 0.15) is 11.8 Å². The van der Waals surface area contributed by atoms with E-state index < -0.39 is 0 Å². The van der Waals surface area contributed by atoms with Crippen molar-refractivity contribution < 1.29 is 9.15 Å². The number of methoxy groups -OCH3 is 1. The molecular weight excluding hydrogens is 284 g/mol. The molecule has 0 saturated heterocycles. The zero-order valence-corrected chi connectivity index (χ0v) is 13.0. The summed E-state index contributed by atoms with van der Waals surface area (Å²) in [7, 11) is 1.68. The van der Waals surface area contributed by atoms with E-state index in [2.05, 4.69) is 11.4 Å². The van der Waals surface area contributed by atoms with Crippen molar-refractivity contribution in [2.45, 2.75) is 23.3 Å². The number of nitriles is 1. The topological polar surface area (TPSA) is 58.2 Å². The van der Waals surface area contributed by atoms with Crippen molar-refractivity contribution in [2.24, 2.45) is 0 Å². The van der Waals surface area contributed by atoms with Gasteiger partial charge in [-0.3, -0.25) is 0 Å². The molecule has 0 atom stereocenters. The molecule has 2 rings (SSSR count). The van der Waals surface area contributed by atoms with Gasteiger partial charge in [-0.1, -0.05) is 17.8 Å². The normalized spacial score (nSPS) is 10.5. The van der Waals surface area contributed by atoms with E-state index in [0.717, 1.165) is 34.2 Å². The van der Waals surface area contributed by atoms with E-state index in [0.29, 0.717) is 12.2 Å². The second-order valence-electron chi connectivity index (χ2n) is 4.55. The van der Waals surface area contributed by atoms with Crippen LogP contribution in [0.15, 0.2) is 44.7 Å². The molecule has 0 amide bonds. The highest BCUT2D eigenvalue weighted by molar-refractivity contribution is 7.99. The Morgan fingerprint density at radius 3 is 2.86 bits per heavy atom. The molecule has 2 aromatic rings. The summed E-state index contributed by atoms with van der Waals surface area (Å²) in [6.07, 6.45) is 1.66. The summed E-state index contributed by atoms with van der Waals surface area (Å²) in [6, 6.07) is 10.1. The van der Waals surface area contributed by atoms with Crippen LogP contribution in [0.25, 0.3) is 0 Å². The predicted octanol–water partition coefficient (Wildman–Crippen LogP) is 3.35. The number of nitrogens with one attached hydrogen (secondary N) is 1. The summed E-state index contributed by atoms with van der Waals surface area (Å²) in [4.78, 5) is 1.99. The number of benzene rings is 1. The highest BCUT2D eigenvalue weighted by atomic mass is 32.2. The standard InChI is InChI=1S/C16H18N2O2S/c1-12-15(5-7-20-12)21-16-4-3-13(9-14(16)10-17)11-18-6-8-19-2/h3-5,7,9,18H,6,8,11H2,1-2H3. The van der Waals surface area contributed by atoms with Crippen LogP contribution in [0, 0.1) is 18.3 Å². The highest BCUT2D eigenvalue weighted by Gasteiger charge is 2.09. The number of nitrogens with zero attached hydrogens (tertiary/aromatic N) is 1. The van der Waals surface area contributed by atoms with Crippen molar-refractivity contribution in [3.8, 4) is 6.07 Å². The van der Waals surface area contributed by atoms with E-state index in [-0.39, 0.29) is 0 Å². The third kappa shape index (κ3) is 4.36. The molecule has 1 aromatic heterocycles. The SMILES string of the molecule is COCCNCc1ccc(Sc2ccoc2C)c(C#N)c1. The maximum atomic E-state index is 9.32. The van der Waals surface area contributed by atoms with Crippen LogP contribution >= 0.6 is 11.8 Å². The summed E-state index contributed by atoms with van der Waals surface area (Å²) < 4.78 is 10.3. The minimum absolute atomic E-state index is 0.679. The molecule has 0 aliphatic carbocycles. The van der Waals surface area contributed by atoms with Crippen molar-refractivity contribution in [1.82, 2.24) is 5.32 Å². The minimum atomic E-state index is 0.679. The molecule has 21 heavy (non-hydrogen) atoms. The maximum absolute atomic E-state index is 9.32. The van der Waals surface area contributed by atoms with E-state index in [1.165, 1.54) is 0 Å². The Kier molecular flexibility index (Phi) is 5.88. The monoisotopic (exact) mass is 302 g/mol. The van der Waals surface area contributed by atoms with Gasteiger partial charge in [-0.15, -0.1) is 0 Å². The van der Waals surface area contributed by atoms with Gasteiger partial charge < -0.3 is 14.5 Å². The summed E-state index contributed by atoms with van der Waals surface area (Å²) in [5.74, 6) is 0.870. The third-order valence-corrected chi connectivity index (χ3v) is 4.23. The second kappa shape index (κ2) is 7.89. The molecule has 5 heteroatoms. The van der Waals surface area contributed by atoms with Crippen LogP contribution in [0.4, 0.5) is 0 Å². The summed E-state index contributed by atoms with van der Waals surface area (Å²) in [6.45, 7) is 4.12. The van der Waals surface area contributed by atoms with Crippen LogP contribution in [0.2, 0.25) is 0 Å². The van der Waals surface area contributed by atoms with Gasteiger partial charge in [-0.2, -0.15) is 5.26 Å². The van der Waals surface area contributed by atoms with E-state index >= 15 is 0 Å². The van der Waals surface area contributed by atoms with Gasteiger partial charge in [0.05, 0.1) is 23.3 Å². The molecule has 0 unspecified atom stereocenters. The van der Waals surface area contributed by atoms with Crippen LogP contribution in [0.3, 0.4) is 0 Å². The lowest BCUT2D eigenvalue weighted by Gasteiger charge is -2.07. The molecule has 1 N–H and O–H groups in total. The number of ether oxygens (including phenoxy) is 1. The predicted molar refractivity (Wildman–Crippen MR) is 82.3 cm³/mol. The van der Waals surface area contributed by atoms with Crippen molar-refractivity contribution in [3.63, 3.8) is 0 Å². The largest absolute Gasteiger partial charge is 0.468 e. The van der Waals surface area contributed by atoms with E-state index in [9.17, 15) is 5.26 Å². The van der Waals surface area contributed by atoms with Gasteiger partial charge in [0, 0.05) is 25.1 Å². The molecule has 0 saturated carbocycles. The van der Waals surface area contributed by atoms with Crippen molar-refractivity contribution in [1.29, 1.82) is 5.26 Å². The first-order chi connectivity index (χ1) is 10.2. The van der Waals surface area contributed by atoms with Gasteiger partial charge in [-0.25, -0.2) is 0 Å². The lowest BCUT2D eigenvalue weighted by atomic mass is 10.1. The molecule has 0 fully saturated rings. The number of hydrogen-bond donors (Lipinski definition) is 1. The number of rotatable bonds is 7. The summed E-state index contributed by atoms with van der Waals surface area (Å²) in [5.41, 5.74) is 1.78. The number of furan rings is 1. The summed E-state index contributed by atoms with van der Waals surface area (Å²) in [5, 5.41) is 12.6. The maximum Gasteiger partial charge on any atom is 0.114 e. The number of aryl methyl sites for hydroxylation is 1. The zero-order valence-electron chi connectivity index (χ0n) is 12.2. The van der Waals surface area contributed by atoms with E-state index in [4.69, 9.17) is 9.15 Å². The first-order valence-corrected chi connectivity index (χ1v) is 7.51. The average Bonchev–Trinajstić information content (AvgIpc) is 2.90. The van der Waals surface area contributed by atoms with Crippen LogP contribution in [0.1, 0.15) is 16.9 Å². The quantitative estimate of drug-likeness (QED) is 0.795. The molecule has 0 radical (unpaired) electrons. The summed E-state index contributed by atoms with van der Waals surface area (Å²) >= 11 is 1.56. The molecular formula is C16H18N2O2S. The Bertz CT molecular complexity index is 631. The van der Waals surface area contributed by atoms with E-state index in [1.54, 1.807) is 25.1 Å². The fraction of sp³-hybridized carbons (Fsp3) is 0.312. The smallest absolute Gasteiger partial charge is 0.114 e. The Morgan fingerprint density at radius 2 is 2.19 bits per heavy atom. The van der Waals surface area contributed by atoms with Crippen LogP contribution < -0.4 is 5.32 Å². The Hall–Kier alpha value is -1.74. The average molecular weight is 302 g/mol. The molecule has 0 aliphatic rings. The molecule has 1 heterocycles. The van der Waals surface area contributed by atoms with E-state index in [1.807, 2.05) is 31.2 Å². The molecule has 0 bridgehead atoms. The first kappa shape index (κ1) is 15.6. The van der Waals surface area contributed by atoms with Crippen molar-refractivity contribution >= 4 is 11.8 Å². The fourth-order valence-corrected chi connectivity index (χ4v) is 2.77. The molecule has 0 spiro atoms. The van der Waals surface area contributed by atoms with Crippen molar-refractivity contribution in [3.05, 3.63) is 47.4 Å². The molecule has 1 aromatic carbocycles. The second-order valence-corrected chi connectivity index (χ2v) is 5.64. The zero-order chi connectivity index (χ0) is 15.1. The van der Waals surface area contributed by atoms with Gasteiger partial charge in [0.2, 0.25) is 0 Å².